The summed E-state index contributed by atoms with van der Waals surface area (Å²) in [5, 5.41) is 0. The molecular weight excluding hydrogens is 362 g/mol. The number of rotatable bonds is 3. The number of thiophene rings is 1. The van der Waals surface area contributed by atoms with Crippen LogP contribution in [0.3, 0.4) is 0 Å². The number of hydrogen-bond donors (Lipinski definition) is 0. The molecule has 0 aliphatic heterocycles. The van der Waals surface area contributed by atoms with E-state index in [1.165, 1.54) is 28.9 Å². The molecular formula is C17H12ClN3O3S. The number of pyridine rings is 1. The molecule has 0 saturated heterocycles. The first-order valence-electron chi connectivity index (χ1n) is 7.41. The molecule has 0 spiro atoms. The Kier molecular flexibility index (Phi) is 3.82. The molecule has 4 aromatic rings. The molecule has 6 nitrogen and oxygen atoms in total. The number of esters is 1. The average molecular weight is 374 g/mol. The SMILES string of the molecule is COC(=O)c1cc2sc(Cl)cc2n1Cc1cc(=O)n2ccccc2n1. The molecule has 0 saturated carbocycles. The lowest BCUT2D eigenvalue weighted by molar-refractivity contribution is 0.0589. The van der Waals surface area contributed by atoms with E-state index >= 15 is 0 Å². The summed E-state index contributed by atoms with van der Waals surface area (Å²) in [5.74, 6) is -0.447. The van der Waals surface area contributed by atoms with Crippen LogP contribution in [0, 0.1) is 0 Å². The van der Waals surface area contributed by atoms with Crippen LogP contribution in [0.1, 0.15) is 16.2 Å². The number of carbonyl (C=O) groups excluding carboxylic acids is 1. The number of fused-ring (bicyclic) bond motifs is 2. The summed E-state index contributed by atoms with van der Waals surface area (Å²) < 4.78 is 9.61. The number of ether oxygens (including phenoxy) is 1. The Hall–Kier alpha value is -2.64. The molecule has 0 aliphatic carbocycles. The lowest BCUT2D eigenvalue weighted by Gasteiger charge is -2.09. The van der Waals surface area contributed by atoms with E-state index in [1.807, 2.05) is 6.07 Å². The van der Waals surface area contributed by atoms with Crippen molar-refractivity contribution in [3.8, 4) is 0 Å². The molecule has 0 radical (unpaired) electrons. The van der Waals surface area contributed by atoms with Crippen LogP contribution in [-0.4, -0.2) is 27.0 Å². The van der Waals surface area contributed by atoms with Crippen molar-refractivity contribution < 1.29 is 9.53 Å². The van der Waals surface area contributed by atoms with Crippen molar-refractivity contribution >= 4 is 44.8 Å². The van der Waals surface area contributed by atoms with Crippen LogP contribution >= 0.6 is 22.9 Å². The summed E-state index contributed by atoms with van der Waals surface area (Å²) in [5.41, 5.74) is 2.14. The van der Waals surface area contributed by atoms with Gasteiger partial charge in [-0.15, -0.1) is 11.3 Å². The van der Waals surface area contributed by atoms with E-state index in [9.17, 15) is 9.59 Å². The second kappa shape index (κ2) is 6.02. The minimum atomic E-state index is -0.447. The van der Waals surface area contributed by atoms with Crippen molar-refractivity contribution in [3.63, 3.8) is 0 Å². The molecule has 0 aromatic carbocycles. The number of aromatic nitrogens is 3. The van der Waals surface area contributed by atoms with Gasteiger partial charge in [-0.2, -0.15) is 0 Å². The molecule has 126 valence electrons. The Labute approximate surface area is 150 Å². The molecule has 0 amide bonds. The van der Waals surface area contributed by atoms with E-state index in [0.29, 0.717) is 21.4 Å². The predicted molar refractivity (Wildman–Crippen MR) is 96.7 cm³/mol. The standard InChI is InChI=1S/C17H12ClN3O3S/c1-24-17(23)12-7-13-11(8-14(18)25-13)21(12)9-10-6-16(22)20-5-3-2-4-15(20)19-10/h2-8H,9H2,1H3. The minimum Gasteiger partial charge on any atom is -0.464 e. The summed E-state index contributed by atoms with van der Waals surface area (Å²) in [6, 6.07) is 10.4. The Morgan fingerprint density at radius 3 is 2.96 bits per heavy atom. The van der Waals surface area contributed by atoms with Crippen LogP contribution in [0.5, 0.6) is 0 Å². The summed E-state index contributed by atoms with van der Waals surface area (Å²) in [6.07, 6.45) is 1.67. The minimum absolute atomic E-state index is 0.174. The van der Waals surface area contributed by atoms with E-state index in [0.717, 1.165) is 10.2 Å². The van der Waals surface area contributed by atoms with Gasteiger partial charge in [-0.3, -0.25) is 9.20 Å². The van der Waals surface area contributed by atoms with Crippen molar-refractivity contribution in [2.45, 2.75) is 6.54 Å². The second-order valence-electron chi connectivity index (χ2n) is 5.42. The monoisotopic (exact) mass is 373 g/mol. The van der Waals surface area contributed by atoms with Crippen LogP contribution in [0.4, 0.5) is 0 Å². The van der Waals surface area contributed by atoms with Crippen LogP contribution in [-0.2, 0) is 11.3 Å². The van der Waals surface area contributed by atoms with E-state index in [1.54, 1.807) is 35.0 Å². The summed E-state index contributed by atoms with van der Waals surface area (Å²) in [7, 11) is 1.33. The zero-order valence-electron chi connectivity index (χ0n) is 13.1. The highest BCUT2D eigenvalue weighted by molar-refractivity contribution is 7.22. The molecule has 0 unspecified atom stereocenters. The topological polar surface area (TPSA) is 65.6 Å². The fourth-order valence-electron chi connectivity index (χ4n) is 2.80. The molecule has 25 heavy (non-hydrogen) atoms. The highest BCUT2D eigenvalue weighted by Gasteiger charge is 2.19. The Bertz CT molecular complexity index is 1180. The van der Waals surface area contributed by atoms with E-state index in [2.05, 4.69) is 4.98 Å². The maximum atomic E-state index is 12.3. The van der Waals surface area contributed by atoms with Gasteiger partial charge in [-0.05, 0) is 24.3 Å². The summed E-state index contributed by atoms with van der Waals surface area (Å²) >= 11 is 7.47. The third-order valence-corrected chi connectivity index (χ3v) is 5.10. The number of methoxy groups -OCH3 is 1. The van der Waals surface area contributed by atoms with Crippen LogP contribution < -0.4 is 5.56 Å². The van der Waals surface area contributed by atoms with Gasteiger partial charge in [-0.25, -0.2) is 9.78 Å². The lowest BCUT2D eigenvalue weighted by Crippen LogP contribution is -2.18. The maximum absolute atomic E-state index is 12.3. The van der Waals surface area contributed by atoms with Crippen LogP contribution in [0.15, 0.2) is 47.4 Å². The van der Waals surface area contributed by atoms with Gasteiger partial charge in [0.2, 0.25) is 0 Å². The zero-order chi connectivity index (χ0) is 17.6. The van der Waals surface area contributed by atoms with Crippen LogP contribution in [0.2, 0.25) is 4.34 Å². The Balaban J connectivity index is 1.87. The molecule has 0 fully saturated rings. The number of carbonyl (C=O) groups is 1. The molecule has 4 aromatic heterocycles. The van der Waals surface area contributed by atoms with Gasteiger partial charge in [-0.1, -0.05) is 17.7 Å². The van der Waals surface area contributed by atoms with Gasteiger partial charge in [0, 0.05) is 12.3 Å². The fraction of sp³-hybridized carbons (Fsp3) is 0.118. The summed E-state index contributed by atoms with van der Waals surface area (Å²) in [6.45, 7) is 0.266. The van der Waals surface area contributed by atoms with Crippen molar-refractivity contribution in [2.24, 2.45) is 0 Å². The van der Waals surface area contributed by atoms with Crippen molar-refractivity contribution in [1.29, 1.82) is 0 Å². The second-order valence-corrected chi connectivity index (χ2v) is 7.14. The average Bonchev–Trinajstić information content (AvgIpc) is 3.11. The van der Waals surface area contributed by atoms with Gasteiger partial charge in [0.15, 0.2) is 0 Å². The quantitative estimate of drug-likeness (QED) is 0.517. The van der Waals surface area contributed by atoms with Crippen molar-refractivity contribution in [2.75, 3.05) is 7.11 Å². The van der Waals surface area contributed by atoms with Gasteiger partial charge in [0.1, 0.15) is 11.3 Å². The first-order chi connectivity index (χ1) is 12.1. The van der Waals surface area contributed by atoms with Crippen molar-refractivity contribution in [3.05, 3.63) is 68.7 Å². The molecule has 4 rings (SSSR count). The predicted octanol–water partition coefficient (Wildman–Crippen LogP) is 3.20. The number of halogens is 1. The van der Waals surface area contributed by atoms with Gasteiger partial charge in [0.25, 0.3) is 5.56 Å². The van der Waals surface area contributed by atoms with Crippen LogP contribution in [0.25, 0.3) is 15.9 Å². The molecule has 0 aliphatic rings. The largest absolute Gasteiger partial charge is 0.464 e. The highest BCUT2D eigenvalue weighted by atomic mass is 35.5. The van der Waals surface area contributed by atoms with Gasteiger partial charge < -0.3 is 9.30 Å². The molecule has 0 bridgehead atoms. The molecule has 0 atom stereocenters. The highest BCUT2D eigenvalue weighted by Crippen LogP contribution is 2.32. The number of hydrogen-bond acceptors (Lipinski definition) is 5. The first-order valence-corrected chi connectivity index (χ1v) is 8.60. The Morgan fingerprint density at radius 1 is 1.32 bits per heavy atom. The van der Waals surface area contributed by atoms with E-state index in [4.69, 9.17) is 16.3 Å². The molecule has 4 heterocycles. The maximum Gasteiger partial charge on any atom is 0.354 e. The van der Waals surface area contributed by atoms with Crippen molar-refractivity contribution in [1.82, 2.24) is 14.0 Å². The molecule has 8 heteroatoms. The first kappa shape index (κ1) is 15.9. The van der Waals surface area contributed by atoms with E-state index < -0.39 is 5.97 Å². The van der Waals surface area contributed by atoms with Gasteiger partial charge in [0.05, 0.1) is 33.9 Å². The Morgan fingerprint density at radius 2 is 2.16 bits per heavy atom. The third-order valence-electron chi connectivity index (χ3n) is 3.90. The van der Waals surface area contributed by atoms with E-state index in [-0.39, 0.29) is 12.1 Å². The molecule has 0 N–H and O–H groups in total. The normalized spacial score (nSPS) is 11.3. The van der Waals surface area contributed by atoms with Gasteiger partial charge >= 0.3 is 5.97 Å². The number of nitrogens with zero attached hydrogens (tertiary/aromatic N) is 3. The lowest BCUT2D eigenvalue weighted by atomic mass is 10.3. The summed E-state index contributed by atoms with van der Waals surface area (Å²) in [4.78, 5) is 28.9. The zero-order valence-corrected chi connectivity index (χ0v) is 14.7. The third kappa shape index (κ3) is 2.71. The fourth-order valence-corrected chi connectivity index (χ4v) is 3.98. The smallest absolute Gasteiger partial charge is 0.354 e.